The van der Waals surface area contributed by atoms with Crippen molar-refractivity contribution in [1.82, 2.24) is 5.32 Å². The van der Waals surface area contributed by atoms with E-state index in [-0.39, 0.29) is 11.6 Å². The van der Waals surface area contributed by atoms with Crippen LogP contribution in [0.1, 0.15) is 39.3 Å². The maximum Gasteiger partial charge on any atom is 0.0898 e. The van der Waals surface area contributed by atoms with Gasteiger partial charge in [-0.05, 0) is 45.4 Å². The van der Waals surface area contributed by atoms with Crippen molar-refractivity contribution in [2.24, 2.45) is 0 Å². The van der Waals surface area contributed by atoms with Crippen molar-refractivity contribution < 1.29 is 9.84 Å². The van der Waals surface area contributed by atoms with Gasteiger partial charge in [-0.15, -0.1) is 0 Å². The number of hydrogen-bond donors (Lipinski definition) is 2. The van der Waals surface area contributed by atoms with Crippen LogP contribution in [0.25, 0.3) is 0 Å². The molecule has 1 aromatic rings. The van der Waals surface area contributed by atoms with E-state index in [0.29, 0.717) is 13.2 Å². The van der Waals surface area contributed by atoms with Crippen LogP contribution in [0.15, 0.2) is 28.7 Å². The second-order valence-electron chi connectivity index (χ2n) is 5.76. The van der Waals surface area contributed by atoms with Gasteiger partial charge < -0.3 is 15.2 Å². The summed E-state index contributed by atoms with van der Waals surface area (Å²) in [7, 11) is 0. The molecule has 0 radical (unpaired) electrons. The molecule has 4 heteroatoms. The minimum absolute atomic E-state index is 0.206. The Morgan fingerprint density at radius 1 is 1.26 bits per heavy atom. The second kappa shape index (κ2) is 7.39. The van der Waals surface area contributed by atoms with E-state index >= 15 is 0 Å². The molecule has 0 heterocycles. The first kappa shape index (κ1) is 16.6. The van der Waals surface area contributed by atoms with Gasteiger partial charge in [-0.3, -0.25) is 0 Å². The summed E-state index contributed by atoms with van der Waals surface area (Å²) in [6.45, 7) is 8.91. The zero-order chi connectivity index (χ0) is 14.5. The Bertz CT molecular complexity index is 373. The van der Waals surface area contributed by atoms with Crippen molar-refractivity contribution in [3.8, 4) is 0 Å². The van der Waals surface area contributed by atoms with Gasteiger partial charge in [-0.2, -0.15) is 0 Å². The molecule has 0 amide bonds. The van der Waals surface area contributed by atoms with Gasteiger partial charge in [0.05, 0.1) is 18.3 Å². The fourth-order valence-corrected chi connectivity index (χ4v) is 1.85. The molecule has 0 aromatic heterocycles. The van der Waals surface area contributed by atoms with E-state index in [9.17, 15) is 5.11 Å². The van der Waals surface area contributed by atoms with E-state index in [1.807, 2.05) is 32.9 Å². The number of rotatable bonds is 6. The number of ether oxygens (including phenoxy) is 1. The zero-order valence-corrected chi connectivity index (χ0v) is 13.7. The van der Waals surface area contributed by atoms with E-state index in [0.717, 1.165) is 4.47 Å². The lowest BCUT2D eigenvalue weighted by molar-refractivity contribution is -0.0482. The molecule has 0 aliphatic rings. The molecule has 2 atom stereocenters. The summed E-state index contributed by atoms with van der Waals surface area (Å²) in [6, 6.07) is 8.39. The van der Waals surface area contributed by atoms with Crippen molar-refractivity contribution >= 4 is 15.9 Å². The first-order valence-corrected chi connectivity index (χ1v) is 7.38. The van der Waals surface area contributed by atoms with Crippen LogP contribution in [-0.2, 0) is 4.74 Å². The molecule has 0 aliphatic carbocycles. The molecule has 1 unspecified atom stereocenters. The highest BCUT2D eigenvalue weighted by atomic mass is 79.9. The maximum absolute atomic E-state index is 9.86. The Morgan fingerprint density at radius 2 is 1.84 bits per heavy atom. The summed E-state index contributed by atoms with van der Waals surface area (Å²) >= 11 is 3.42. The quantitative estimate of drug-likeness (QED) is 0.841. The van der Waals surface area contributed by atoms with Gasteiger partial charge in [0, 0.05) is 17.1 Å². The number of nitrogens with one attached hydrogen (secondary N) is 1. The number of aliphatic hydroxyl groups excluding tert-OH is 1. The lowest BCUT2D eigenvalue weighted by Crippen LogP contribution is -2.34. The van der Waals surface area contributed by atoms with E-state index in [2.05, 4.69) is 40.3 Å². The molecule has 0 saturated heterocycles. The largest absolute Gasteiger partial charge is 0.389 e. The van der Waals surface area contributed by atoms with Crippen LogP contribution >= 0.6 is 15.9 Å². The SMILES string of the molecule is C[C@@H](NCC(O)COC(C)(C)C)c1ccc(Br)cc1. The molecule has 0 fully saturated rings. The average molecular weight is 330 g/mol. The van der Waals surface area contributed by atoms with Gasteiger partial charge in [0.25, 0.3) is 0 Å². The number of hydrogen-bond acceptors (Lipinski definition) is 3. The van der Waals surface area contributed by atoms with E-state index in [1.165, 1.54) is 5.56 Å². The summed E-state index contributed by atoms with van der Waals surface area (Å²) in [6.07, 6.45) is -0.489. The van der Waals surface area contributed by atoms with E-state index in [1.54, 1.807) is 0 Å². The second-order valence-corrected chi connectivity index (χ2v) is 6.67. The van der Waals surface area contributed by atoms with Crippen LogP contribution in [0.4, 0.5) is 0 Å². The fourth-order valence-electron chi connectivity index (χ4n) is 1.59. The fraction of sp³-hybridized carbons (Fsp3) is 0.600. The third-order valence-corrected chi connectivity index (χ3v) is 3.27. The van der Waals surface area contributed by atoms with E-state index < -0.39 is 6.10 Å². The number of aliphatic hydroxyl groups is 1. The van der Waals surface area contributed by atoms with Crippen LogP contribution < -0.4 is 5.32 Å². The minimum Gasteiger partial charge on any atom is -0.389 e. The third-order valence-electron chi connectivity index (χ3n) is 2.74. The predicted octanol–water partition coefficient (Wildman–Crippen LogP) is 3.28. The topological polar surface area (TPSA) is 41.5 Å². The monoisotopic (exact) mass is 329 g/mol. The van der Waals surface area contributed by atoms with Gasteiger partial charge in [0.1, 0.15) is 0 Å². The van der Waals surface area contributed by atoms with Gasteiger partial charge in [-0.25, -0.2) is 0 Å². The van der Waals surface area contributed by atoms with Gasteiger partial charge in [-0.1, -0.05) is 28.1 Å². The lowest BCUT2D eigenvalue weighted by atomic mass is 10.1. The summed E-state index contributed by atoms with van der Waals surface area (Å²) in [5, 5.41) is 13.2. The molecule has 0 saturated carbocycles. The van der Waals surface area contributed by atoms with Crippen LogP contribution in [-0.4, -0.2) is 30.0 Å². The highest BCUT2D eigenvalue weighted by molar-refractivity contribution is 9.10. The lowest BCUT2D eigenvalue weighted by Gasteiger charge is -2.23. The van der Waals surface area contributed by atoms with Crippen LogP contribution in [0.5, 0.6) is 0 Å². The van der Waals surface area contributed by atoms with Gasteiger partial charge in [0.15, 0.2) is 0 Å². The molecule has 3 nitrogen and oxygen atoms in total. The molecule has 19 heavy (non-hydrogen) atoms. The Balaban J connectivity index is 2.33. The standard InChI is InChI=1S/C15H24BrNO2/c1-11(12-5-7-13(16)8-6-12)17-9-14(18)10-19-15(2,3)4/h5-8,11,14,17-18H,9-10H2,1-4H3/t11-,14?/m1/s1. The predicted molar refractivity (Wildman–Crippen MR) is 82.3 cm³/mol. The molecule has 108 valence electrons. The highest BCUT2D eigenvalue weighted by Crippen LogP contribution is 2.16. The van der Waals surface area contributed by atoms with Crippen molar-refractivity contribution in [3.63, 3.8) is 0 Å². The Kier molecular flexibility index (Phi) is 6.47. The molecule has 1 aromatic carbocycles. The number of halogens is 1. The van der Waals surface area contributed by atoms with Crippen molar-refractivity contribution in [2.45, 2.75) is 45.4 Å². The number of benzene rings is 1. The molecule has 0 spiro atoms. The molecule has 0 aliphatic heterocycles. The van der Waals surface area contributed by atoms with Gasteiger partial charge in [0.2, 0.25) is 0 Å². The van der Waals surface area contributed by atoms with Crippen LogP contribution in [0, 0.1) is 0 Å². The summed E-state index contributed by atoms with van der Waals surface area (Å²) in [5.74, 6) is 0. The van der Waals surface area contributed by atoms with E-state index in [4.69, 9.17) is 4.74 Å². The normalized spacial score (nSPS) is 15.3. The van der Waals surface area contributed by atoms with Crippen molar-refractivity contribution in [2.75, 3.05) is 13.2 Å². The molecule has 0 bridgehead atoms. The highest BCUT2D eigenvalue weighted by Gasteiger charge is 2.14. The Morgan fingerprint density at radius 3 is 2.37 bits per heavy atom. The van der Waals surface area contributed by atoms with Crippen molar-refractivity contribution in [3.05, 3.63) is 34.3 Å². The Labute approximate surface area is 124 Å². The van der Waals surface area contributed by atoms with Crippen molar-refractivity contribution in [1.29, 1.82) is 0 Å². The summed E-state index contributed by atoms with van der Waals surface area (Å²) in [5.41, 5.74) is 0.991. The average Bonchev–Trinajstić information content (AvgIpc) is 2.33. The zero-order valence-electron chi connectivity index (χ0n) is 12.1. The molecular formula is C15H24BrNO2. The van der Waals surface area contributed by atoms with Crippen LogP contribution in [0.3, 0.4) is 0 Å². The first-order valence-electron chi connectivity index (χ1n) is 6.59. The first-order chi connectivity index (χ1) is 8.78. The smallest absolute Gasteiger partial charge is 0.0898 e. The minimum atomic E-state index is -0.489. The molecule has 2 N–H and O–H groups in total. The third kappa shape index (κ3) is 7.06. The summed E-state index contributed by atoms with van der Waals surface area (Å²) < 4.78 is 6.62. The summed E-state index contributed by atoms with van der Waals surface area (Å²) in [4.78, 5) is 0. The maximum atomic E-state index is 9.86. The Hall–Kier alpha value is -0.420. The van der Waals surface area contributed by atoms with Gasteiger partial charge >= 0.3 is 0 Å². The molecular weight excluding hydrogens is 306 g/mol. The molecule has 1 rings (SSSR count). The van der Waals surface area contributed by atoms with Crippen LogP contribution in [0.2, 0.25) is 0 Å².